The number of amides is 2. The van der Waals surface area contributed by atoms with Crippen LogP contribution in [0.1, 0.15) is 30.6 Å². The van der Waals surface area contributed by atoms with Gasteiger partial charge in [-0.1, -0.05) is 13.8 Å². The highest BCUT2D eigenvalue weighted by molar-refractivity contribution is 6.10. The quantitative estimate of drug-likeness (QED) is 0.621. The second-order valence-corrected chi connectivity index (χ2v) is 5.84. The monoisotopic (exact) mass is 289 g/mol. The van der Waals surface area contributed by atoms with Gasteiger partial charge in [0.15, 0.2) is 17.3 Å². The van der Waals surface area contributed by atoms with Crippen LogP contribution < -0.4 is 9.47 Å². The van der Waals surface area contributed by atoms with E-state index in [-0.39, 0.29) is 37.4 Å². The molecule has 2 amide bonds. The topological polar surface area (TPSA) is 72.9 Å². The molecule has 110 valence electrons. The fraction of sp³-hybridized carbons (Fsp3) is 0.400. The van der Waals surface area contributed by atoms with Crippen molar-refractivity contribution in [3.05, 3.63) is 23.8 Å². The molecule has 6 heteroatoms. The molecule has 0 atom stereocenters. The van der Waals surface area contributed by atoms with Crippen molar-refractivity contribution in [2.45, 2.75) is 20.3 Å². The zero-order chi connectivity index (χ0) is 15.2. The summed E-state index contributed by atoms with van der Waals surface area (Å²) in [6.45, 7) is 3.31. The predicted octanol–water partition coefficient (Wildman–Crippen LogP) is 1.38. The third-order valence-electron chi connectivity index (χ3n) is 3.71. The summed E-state index contributed by atoms with van der Waals surface area (Å²) in [7, 11) is 0. The van der Waals surface area contributed by atoms with Crippen molar-refractivity contribution in [2.24, 2.45) is 5.41 Å². The van der Waals surface area contributed by atoms with Gasteiger partial charge in [0.2, 0.25) is 18.6 Å². The molecule has 1 fully saturated rings. The van der Waals surface area contributed by atoms with Crippen molar-refractivity contribution in [2.75, 3.05) is 13.3 Å². The SMILES string of the molecule is CC1(C)CC(=O)N(CC(=O)c2ccc3c(c2)OCO3)C1=O. The Hall–Kier alpha value is -2.37. The molecule has 0 radical (unpaired) electrons. The fourth-order valence-corrected chi connectivity index (χ4v) is 2.49. The van der Waals surface area contributed by atoms with Gasteiger partial charge in [0.05, 0.1) is 12.0 Å². The van der Waals surface area contributed by atoms with Crippen molar-refractivity contribution in [1.82, 2.24) is 4.90 Å². The van der Waals surface area contributed by atoms with Gasteiger partial charge in [-0.3, -0.25) is 19.3 Å². The van der Waals surface area contributed by atoms with Crippen LogP contribution in [0.25, 0.3) is 0 Å². The van der Waals surface area contributed by atoms with Gasteiger partial charge in [-0.15, -0.1) is 0 Å². The first-order valence-electron chi connectivity index (χ1n) is 6.66. The van der Waals surface area contributed by atoms with Crippen LogP contribution in [0.3, 0.4) is 0 Å². The molecular weight excluding hydrogens is 274 g/mol. The molecule has 21 heavy (non-hydrogen) atoms. The molecule has 1 aromatic carbocycles. The van der Waals surface area contributed by atoms with Gasteiger partial charge in [0.25, 0.3) is 0 Å². The van der Waals surface area contributed by atoms with E-state index in [4.69, 9.17) is 9.47 Å². The number of ketones is 1. The molecular formula is C15H15NO5. The summed E-state index contributed by atoms with van der Waals surface area (Å²) in [6.07, 6.45) is 0.139. The Morgan fingerprint density at radius 1 is 1.24 bits per heavy atom. The van der Waals surface area contributed by atoms with Gasteiger partial charge in [-0.05, 0) is 18.2 Å². The summed E-state index contributed by atoms with van der Waals surface area (Å²) >= 11 is 0. The lowest BCUT2D eigenvalue weighted by Gasteiger charge is -2.17. The van der Waals surface area contributed by atoms with Crippen LogP contribution in [0.4, 0.5) is 0 Å². The van der Waals surface area contributed by atoms with Crippen LogP contribution in [0.15, 0.2) is 18.2 Å². The molecule has 3 rings (SSSR count). The van der Waals surface area contributed by atoms with E-state index in [2.05, 4.69) is 0 Å². The standard InChI is InChI=1S/C15H15NO5/c1-15(2)6-13(18)16(14(15)19)7-10(17)9-3-4-11-12(5-9)21-8-20-11/h3-5H,6-8H2,1-2H3. The minimum Gasteiger partial charge on any atom is -0.454 e. The number of nitrogens with zero attached hydrogens (tertiary/aromatic N) is 1. The number of Topliss-reactive ketones (excluding diaryl/α,β-unsaturated/α-hetero) is 1. The minimum atomic E-state index is -0.730. The Balaban J connectivity index is 1.78. The molecule has 0 bridgehead atoms. The van der Waals surface area contributed by atoms with E-state index < -0.39 is 5.41 Å². The van der Waals surface area contributed by atoms with Crippen molar-refractivity contribution in [3.8, 4) is 11.5 Å². The normalized spacial score (nSPS) is 19.2. The maximum Gasteiger partial charge on any atom is 0.235 e. The van der Waals surface area contributed by atoms with E-state index >= 15 is 0 Å². The molecule has 2 aliphatic heterocycles. The summed E-state index contributed by atoms with van der Waals surface area (Å²) in [6, 6.07) is 4.82. The van der Waals surface area contributed by atoms with Gasteiger partial charge >= 0.3 is 0 Å². The lowest BCUT2D eigenvalue weighted by Crippen LogP contribution is -2.37. The van der Waals surface area contributed by atoms with E-state index in [1.54, 1.807) is 32.0 Å². The summed E-state index contributed by atoms with van der Waals surface area (Å²) in [5.74, 6) is 0.176. The third-order valence-corrected chi connectivity index (χ3v) is 3.71. The predicted molar refractivity (Wildman–Crippen MR) is 72.0 cm³/mol. The zero-order valence-corrected chi connectivity index (χ0v) is 11.8. The van der Waals surface area contributed by atoms with Crippen LogP contribution in [0.5, 0.6) is 11.5 Å². The number of likely N-dealkylation sites (tertiary alicyclic amines) is 1. The van der Waals surface area contributed by atoms with Crippen molar-refractivity contribution in [1.29, 1.82) is 0 Å². The summed E-state index contributed by atoms with van der Waals surface area (Å²) < 4.78 is 10.4. The smallest absolute Gasteiger partial charge is 0.235 e. The molecule has 1 aromatic rings. The molecule has 1 saturated heterocycles. The number of ether oxygens (including phenoxy) is 2. The van der Waals surface area contributed by atoms with Gasteiger partial charge in [-0.2, -0.15) is 0 Å². The van der Waals surface area contributed by atoms with Crippen molar-refractivity contribution in [3.63, 3.8) is 0 Å². The molecule has 2 aliphatic rings. The molecule has 0 N–H and O–H groups in total. The first-order chi connectivity index (χ1) is 9.88. The van der Waals surface area contributed by atoms with Crippen molar-refractivity contribution < 1.29 is 23.9 Å². The minimum absolute atomic E-state index is 0.129. The Kier molecular flexibility index (Phi) is 2.97. The van der Waals surface area contributed by atoms with E-state index in [0.29, 0.717) is 17.1 Å². The highest BCUT2D eigenvalue weighted by atomic mass is 16.7. The third kappa shape index (κ3) is 2.26. The zero-order valence-electron chi connectivity index (χ0n) is 11.8. The maximum atomic E-state index is 12.3. The number of rotatable bonds is 3. The Bertz CT molecular complexity index is 649. The highest BCUT2D eigenvalue weighted by Gasteiger charge is 2.45. The molecule has 0 unspecified atom stereocenters. The lowest BCUT2D eigenvalue weighted by atomic mass is 9.92. The Morgan fingerprint density at radius 2 is 1.95 bits per heavy atom. The van der Waals surface area contributed by atoms with E-state index in [9.17, 15) is 14.4 Å². The van der Waals surface area contributed by atoms with Crippen LogP contribution in [0, 0.1) is 5.41 Å². The Morgan fingerprint density at radius 3 is 2.62 bits per heavy atom. The van der Waals surface area contributed by atoms with E-state index in [0.717, 1.165) is 4.90 Å². The number of hydrogen-bond donors (Lipinski definition) is 0. The molecule has 2 heterocycles. The number of benzene rings is 1. The molecule has 6 nitrogen and oxygen atoms in total. The second-order valence-electron chi connectivity index (χ2n) is 5.84. The fourth-order valence-electron chi connectivity index (χ4n) is 2.49. The van der Waals surface area contributed by atoms with E-state index in [1.165, 1.54) is 0 Å². The van der Waals surface area contributed by atoms with Crippen LogP contribution in [0.2, 0.25) is 0 Å². The van der Waals surface area contributed by atoms with Crippen LogP contribution in [-0.4, -0.2) is 35.8 Å². The van der Waals surface area contributed by atoms with Gasteiger partial charge in [0.1, 0.15) is 0 Å². The van der Waals surface area contributed by atoms with Gasteiger partial charge < -0.3 is 9.47 Å². The molecule has 0 spiro atoms. The largest absolute Gasteiger partial charge is 0.454 e. The Labute approximate surface area is 121 Å². The number of carbonyl (C=O) groups is 3. The maximum absolute atomic E-state index is 12.3. The lowest BCUT2D eigenvalue weighted by molar-refractivity contribution is -0.140. The van der Waals surface area contributed by atoms with Crippen molar-refractivity contribution >= 4 is 17.6 Å². The average molecular weight is 289 g/mol. The number of hydrogen-bond acceptors (Lipinski definition) is 5. The summed E-state index contributed by atoms with van der Waals surface area (Å²) in [5, 5.41) is 0. The second kappa shape index (κ2) is 4.58. The van der Waals surface area contributed by atoms with E-state index in [1.807, 2.05) is 0 Å². The molecule has 0 aliphatic carbocycles. The summed E-state index contributed by atoms with van der Waals surface area (Å²) in [4.78, 5) is 37.3. The number of fused-ring (bicyclic) bond motifs is 1. The first-order valence-corrected chi connectivity index (χ1v) is 6.66. The van der Waals surface area contributed by atoms with Crippen LogP contribution in [-0.2, 0) is 9.59 Å². The summed E-state index contributed by atoms with van der Waals surface area (Å²) in [5.41, 5.74) is -0.337. The van der Waals surface area contributed by atoms with Gasteiger partial charge in [-0.25, -0.2) is 0 Å². The van der Waals surface area contributed by atoms with Crippen LogP contribution >= 0.6 is 0 Å². The highest BCUT2D eigenvalue weighted by Crippen LogP contribution is 2.34. The first kappa shape index (κ1) is 13.6. The molecule has 0 saturated carbocycles. The number of imide groups is 1. The average Bonchev–Trinajstić information content (AvgIpc) is 2.96. The number of carbonyl (C=O) groups excluding carboxylic acids is 3. The molecule has 0 aromatic heterocycles. The van der Waals surface area contributed by atoms with Gasteiger partial charge in [0, 0.05) is 12.0 Å².